The van der Waals surface area contributed by atoms with Crippen LogP contribution in [0, 0.1) is 0 Å². The highest BCUT2D eigenvalue weighted by atomic mass is 127. The Bertz CT molecular complexity index is 318. The SMILES string of the molecule is C[N+](C)(C)CC(O)C(=O)CCC(=O)C(O)C[N+](C)(C)C.[I-].[I-]. The minimum Gasteiger partial charge on any atom is -1.00 e. The molecular formula is C14H30I2N2O4. The Morgan fingerprint density at radius 3 is 1.14 bits per heavy atom. The van der Waals surface area contributed by atoms with Crippen molar-refractivity contribution in [1.29, 1.82) is 0 Å². The van der Waals surface area contributed by atoms with Gasteiger partial charge in [0.2, 0.25) is 0 Å². The molecule has 0 aliphatic rings. The van der Waals surface area contributed by atoms with Crippen molar-refractivity contribution in [2.75, 3.05) is 55.4 Å². The second-order valence-corrected chi connectivity index (χ2v) is 7.41. The third kappa shape index (κ3) is 14.2. The van der Waals surface area contributed by atoms with Crippen molar-refractivity contribution < 1.29 is 76.7 Å². The highest BCUT2D eigenvalue weighted by molar-refractivity contribution is 5.90. The van der Waals surface area contributed by atoms with E-state index in [2.05, 4.69) is 0 Å². The third-order valence-corrected chi connectivity index (χ3v) is 2.80. The molecule has 134 valence electrons. The van der Waals surface area contributed by atoms with E-state index in [0.29, 0.717) is 22.1 Å². The van der Waals surface area contributed by atoms with E-state index in [-0.39, 0.29) is 72.4 Å². The van der Waals surface area contributed by atoms with E-state index in [1.807, 2.05) is 42.3 Å². The Morgan fingerprint density at radius 1 is 0.727 bits per heavy atom. The fourth-order valence-electron chi connectivity index (χ4n) is 1.82. The summed E-state index contributed by atoms with van der Waals surface area (Å²) < 4.78 is 0.954. The van der Waals surface area contributed by atoms with E-state index in [1.54, 1.807) is 0 Å². The summed E-state index contributed by atoms with van der Waals surface area (Å²) in [5.41, 5.74) is 0. The van der Waals surface area contributed by atoms with Crippen LogP contribution in [0.5, 0.6) is 0 Å². The molecule has 6 nitrogen and oxygen atoms in total. The Hall–Kier alpha value is 0.640. The molecule has 0 heterocycles. The number of ketones is 2. The van der Waals surface area contributed by atoms with Crippen LogP contribution in [-0.2, 0) is 9.59 Å². The van der Waals surface area contributed by atoms with Crippen LogP contribution in [0.15, 0.2) is 0 Å². The quantitative estimate of drug-likeness (QED) is 0.224. The van der Waals surface area contributed by atoms with Crippen molar-refractivity contribution in [2.24, 2.45) is 0 Å². The molecule has 0 fully saturated rings. The molecule has 2 atom stereocenters. The van der Waals surface area contributed by atoms with Gasteiger partial charge >= 0.3 is 0 Å². The molecule has 0 aliphatic heterocycles. The van der Waals surface area contributed by atoms with E-state index >= 15 is 0 Å². The topological polar surface area (TPSA) is 74.6 Å². The number of aliphatic hydroxyl groups is 2. The Kier molecular flexibility index (Phi) is 14.0. The zero-order valence-corrected chi connectivity index (χ0v) is 18.7. The molecule has 2 unspecified atom stereocenters. The minimum atomic E-state index is -1.06. The summed E-state index contributed by atoms with van der Waals surface area (Å²) in [6.07, 6.45) is -2.15. The van der Waals surface area contributed by atoms with Gasteiger partial charge in [0.05, 0.1) is 42.3 Å². The lowest BCUT2D eigenvalue weighted by Crippen LogP contribution is -3.00. The number of likely N-dealkylation sites (N-methyl/N-ethyl adjacent to an activating group) is 2. The van der Waals surface area contributed by atoms with E-state index in [1.165, 1.54) is 0 Å². The Morgan fingerprint density at radius 2 is 0.955 bits per heavy atom. The molecule has 0 rings (SSSR count). The largest absolute Gasteiger partial charge is 1.00 e. The maximum atomic E-state index is 11.7. The predicted octanol–water partition coefficient (Wildman–Crippen LogP) is -6.95. The average Bonchev–Trinajstić information content (AvgIpc) is 2.20. The standard InChI is InChI=1S/C14H30N2O4.2HI/c1-15(2,3)9-13(19)11(17)7-8-12(18)14(20)10-16(4,5)6;;/h13-14,19-20H,7-10H2,1-6H3;2*1H/q+2;;/p-2. The van der Waals surface area contributed by atoms with Gasteiger partial charge in [0.15, 0.2) is 23.8 Å². The van der Waals surface area contributed by atoms with Gasteiger partial charge in [-0.05, 0) is 0 Å². The molecule has 0 amide bonds. The van der Waals surface area contributed by atoms with Crippen molar-refractivity contribution in [3.8, 4) is 0 Å². The van der Waals surface area contributed by atoms with Gasteiger partial charge in [0.1, 0.15) is 13.1 Å². The van der Waals surface area contributed by atoms with Crippen molar-refractivity contribution >= 4 is 11.6 Å². The first-order valence-corrected chi connectivity index (χ1v) is 6.84. The second-order valence-electron chi connectivity index (χ2n) is 7.41. The van der Waals surface area contributed by atoms with E-state index < -0.39 is 12.2 Å². The van der Waals surface area contributed by atoms with Crippen LogP contribution in [0.1, 0.15) is 12.8 Å². The van der Waals surface area contributed by atoms with E-state index in [0.717, 1.165) is 0 Å². The fourth-order valence-corrected chi connectivity index (χ4v) is 1.82. The van der Waals surface area contributed by atoms with Crippen molar-refractivity contribution in [1.82, 2.24) is 0 Å². The molecule has 0 aromatic rings. The summed E-state index contributed by atoms with van der Waals surface area (Å²) in [4.78, 5) is 23.5. The van der Waals surface area contributed by atoms with Crippen LogP contribution < -0.4 is 48.0 Å². The van der Waals surface area contributed by atoms with Gasteiger partial charge < -0.3 is 67.1 Å². The number of halogens is 2. The van der Waals surface area contributed by atoms with Crippen LogP contribution in [0.2, 0.25) is 0 Å². The van der Waals surface area contributed by atoms with Crippen LogP contribution in [0.4, 0.5) is 0 Å². The van der Waals surface area contributed by atoms with Crippen LogP contribution >= 0.6 is 0 Å². The van der Waals surface area contributed by atoms with Crippen molar-refractivity contribution in [2.45, 2.75) is 25.0 Å². The summed E-state index contributed by atoms with van der Waals surface area (Å²) in [7, 11) is 11.3. The highest BCUT2D eigenvalue weighted by Gasteiger charge is 2.26. The maximum absolute atomic E-state index is 11.7. The molecule has 0 bridgehead atoms. The maximum Gasteiger partial charge on any atom is 0.167 e. The lowest BCUT2D eigenvalue weighted by atomic mass is 10.0. The van der Waals surface area contributed by atoms with Gasteiger partial charge in [0, 0.05) is 12.8 Å². The number of hydrogen-bond donors (Lipinski definition) is 2. The molecule has 0 radical (unpaired) electrons. The Balaban J connectivity index is -0.00000180. The van der Waals surface area contributed by atoms with Gasteiger partial charge in [-0.25, -0.2) is 0 Å². The number of carbonyl (C=O) groups is 2. The summed E-state index contributed by atoms with van der Waals surface area (Å²) >= 11 is 0. The fraction of sp³-hybridized carbons (Fsp3) is 0.857. The summed E-state index contributed by atoms with van der Waals surface area (Å²) in [6.45, 7) is 0.628. The summed E-state index contributed by atoms with van der Waals surface area (Å²) in [6, 6.07) is 0. The van der Waals surface area contributed by atoms with Gasteiger partial charge in [0.25, 0.3) is 0 Å². The third-order valence-electron chi connectivity index (χ3n) is 2.80. The van der Waals surface area contributed by atoms with Crippen LogP contribution in [-0.4, -0.2) is 98.3 Å². The van der Waals surface area contributed by atoms with Gasteiger partial charge in [-0.15, -0.1) is 0 Å². The van der Waals surface area contributed by atoms with E-state index in [4.69, 9.17) is 0 Å². The lowest BCUT2D eigenvalue weighted by Gasteiger charge is -2.27. The minimum absolute atomic E-state index is 0. The molecule has 0 saturated carbocycles. The first-order chi connectivity index (χ1) is 8.82. The van der Waals surface area contributed by atoms with E-state index in [9.17, 15) is 19.8 Å². The number of quaternary nitrogens is 2. The van der Waals surface area contributed by atoms with Gasteiger partial charge in [-0.1, -0.05) is 0 Å². The number of carbonyl (C=O) groups excluding carboxylic acids is 2. The molecule has 0 aliphatic carbocycles. The van der Waals surface area contributed by atoms with Crippen LogP contribution in [0.3, 0.4) is 0 Å². The second kappa shape index (κ2) is 11.2. The molecule has 2 N–H and O–H groups in total. The van der Waals surface area contributed by atoms with Crippen molar-refractivity contribution in [3.63, 3.8) is 0 Å². The normalized spacial score (nSPS) is 14.4. The molecular weight excluding hydrogens is 514 g/mol. The smallest absolute Gasteiger partial charge is 0.167 e. The number of rotatable bonds is 9. The zero-order chi connectivity index (χ0) is 16.1. The molecule has 0 saturated heterocycles. The average molecular weight is 544 g/mol. The zero-order valence-electron chi connectivity index (χ0n) is 14.3. The van der Waals surface area contributed by atoms with Gasteiger partial charge in [-0.2, -0.15) is 0 Å². The molecule has 22 heavy (non-hydrogen) atoms. The number of aliphatic hydroxyl groups excluding tert-OH is 2. The summed E-state index contributed by atoms with van der Waals surface area (Å²) in [5.74, 6) is -0.687. The lowest BCUT2D eigenvalue weighted by molar-refractivity contribution is -0.872. The number of Topliss-reactive ketones (excluding diaryl/α,β-unsaturated/α-hetero) is 2. The predicted molar refractivity (Wildman–Crippen MR) is 77.1 cm³/mol. The van der Waals surface area contributed by atoms with Crippen molar-refractivity contribution in [3.05, 3.63) is 0 Å². The highest BCUT2D eigenvalue weighted by Crippen LogP contribution is 2.05. The summed E-state index contributed by atoms with van der Waals surface area (Å²) in [5, 5.41) is 19.5. The molecule has 0 aromatic carbocycles. The number of hydrogen-bond acceptors (Lipinski definition) is 4. The van der Waals surface area contributed by atoms with Gasteiger partial charge in [-0.3, -0.25) is 9.59 Å². The molecule has 0 aromatic heterocycles. The Labute approximate surface area is 168 Å². The molecule has 0 spiro atoms. The molecule has 8 heteroatoms. The monoisotopic (exact) mass is 544 g/mol. The van der Waals surface area contributed by atoms with Crippen LogP contribution in [0.25, 0.3) is 0 Å². The first kappa shape index (κ1) is 27.5. The first-order valence-electron chi connectivity index (χ1n) is 6.84. The number of nitrogens with zero attached hydrogens (tertiary/aromatic N) is 2.